The normalized spacial score (nSPS) is 16.7. The van der Waals surface area contributed by atoms with Crippen molar-refractivity contribution >= 4 is 34.9 Å². The van der Waals surface area contributed by atoms with Gasteiger partial charge in [0.1, 0.15) is 5.82 Å². The number of carbonyl (C=O) groups is 1. The molecule has 5 N–H and O–H groups in total. The molecule has 3 aromatic carbocycles. The molecule has 0 radical (unpaired) electrons. The zero-order valence-corrected chi connectivity index (χ0v) is 23.4. The minimum Gasteiger partial charge on any atom is -0.392 e. The number of nitrogens with two attached hydrogens (primary N) is 1. The second-order valence-corrected chi connectivity index (χ2v) is 10.9. The summed E-state index contributed by atoms with van der Waals surface area (Å²) < 4.78 is 20.6. The quantitative estimate of drug-likeness (QED) is 0.254. The van der Waals surface area contributed by atoms with E-state index in [9.17, 15) is 9.90 Å². The van der Waals surface area contributed by atoms with E-state index in [0.29, 0.717) is 41.5 Å². The number of nitrogens with one attached hydrogen (secondary N) is 2. The summed E-state index contributed by atoms with van der Waals surface area (Å²) in [5.41, 5.74) is 13.8. The highest BCUT2D eigenvalue weighted by Gasteiger charge is 2.33. The Hall–Kier alpha value is -4.65. The maximum Gasteiger partial charge on any atom is 0.275 e. The van der Waals surface area contributed by atoms with Crippen LogP contribution in [0.2, 0.25) is 0 Å². The van der Waals surface area contributed by atoms with E-state index in [1.165, 1.54) is 11.1 Å². The highest BCUT2D eigenvalue weighted by molar-refractivity contribution is 6.08. The number of carbonyl (C=O) groups excluding carboxylic acids is 1. The van der Waals surface area contributed by atoms with Crippen molar-refractivity contribution in [2.45, 2.75) is 31.9 Å². The van der Waals surface area contributed by atoms with Crippen molar-refractivity contribution in [2.24, 2.45) is 0 Å². The minimum absolute atomic E-state index is 0.0126. The highest BCUT2D eigenvalue weighted by atomic mass is 19.1. The molecule has 220 valence electrons. The Morgan fingerprint density at radius 2 is 1.86 bits per heavy atom. The van der Waals surface area contributed by atoms with Gasteiger partial charge >= 0.3 is 0 Å². The molecule has 1 amide bonds. The van der Waals surface area contributed by atoms with Crippen LogP contribution in [0.4, 0.5) is 33.3 Å². The summed E-state index contributed by atoms with van der Waals surface area (Å²) in [4.78, 5) is 28.9. The van der Waals surface area contributed by atoms with E-state index in [0.717, 1.165) is 42.9 Å². The van der Waals surface area contributed by atoms with Crippen molar-refractivity contribution in [1.82, 2.24) is 20.4 Å². The number of nitrogens with zero attached hydrogens (tertiary/aromatic N) is 5. The molecule has 12 heteroatoms. The van der Waals surface area contributed by atoms with Crippen LogP contribution in [0, 0.1) is 5.82 Å². The molecule has 3 aliphatic rings. The Morgan fingerprint density at radius 1 is 1.07 bits per heavy atom. The van der Waals surface area contributed by atoms with Crippen molar-refractivity contribution < 1.29 is 19.0 Å². The lowest BCUT2D eigenvalue weighted by molar-refractivity contribution is 0.0958. The van der Waals surface area contributed by atoms with Crippen molar-refractivity contribution in [3.8, 4) is 11.4 Å². The number of amides is 1. The Bertz CT molecular complexity index is 1690. The van der Waals surface area contributed by atoms with Gasteiger partial charge in [-0.05, 0) is 66.3 Å². The molecule has 0 unspecified atom stereocenters. The molecule has 1 aliphatic carbocycles. The Labute approximate surface area is 247 Å². The number of nitrogen functional groups attached to an aromatic ring is 1. The zero-order valence-electron chi connectivity index (χ0n) is 23.4. The summed E-state index contributed by atoms with van der Waals surface area (Å²) in [5.74, 6) is -0.266. The lowest BCUT2D eigenvalue weighted by Crippen LogP contribution is -2.48. The first-order valence-electron chi connectivity index (χ1n) is 14.3. The SMILES string of the molecule is Nc1nc(Nc2ccc(N3CCOCC3)cc2)nc(-c2cccc(N3NCc4cc(C5CC5)cc(F)c4C3=O)c2CO)n1. The molecular weight excluding hydrogens is 551 g/mol. The van der Waals surface area contributed by atoms with E-state index in [1.54, 1.807) is 18.2 Å². The number of morpholine rings is 1. The van der Waals surface area contributed by atoms with Crippen molar-refractivity contribution in [1.29, 1.82) is 0 Å². The first-order chi connectivity index (χ1) is 21.0. The van der Waals surface area contributed by atoms with Crippen LogP contribution >= 0.6 is 0 Å². The van der Waals surface area contributed by atoms with Crippen LogP contribution in [0.15, 0.2) is 54.6 Å². The van der Waals surface area contributed by atoms with Crippen molar-refractivity contribution in [3.63, 3.8) is 0 Å². The summed E-state index contributed by atoms with van der Waals surface area (Å²) >= 11 is 0. The number of hydrazine groups is 1. The first kappa shape index (κ1) is 27.2. The average molecular weight is 583 g/mol. The van der Waals surface area contributed by atoms with Crippen LogP contribution in [-0.4, -0.2) is 52.3 Å². The Kier molecular flexibility index (Phi) is 7.09. The summed E-state index contributed by atoms with van der Waals surface area (Å²) in [6.07, 6.45) is 2.08. The van der Waals surface area contributed by atoms with Gasteiger partial charge in [-0.2, -0.15) is 15.0 Å². The van der Waals surface area contributed by atoms with Gasteiger partial charge in [-0.15, -0.1) is 0 Å². The maximum atomic E-state index is 15.2. The molecule has 3 heterocycles. The molecule has 2 fully saturated rings. The van der Waals surface area contributed by atoms with Crippen molar-refractivity contribution in [3.05, 3.63) is 82.7 Å². The maximum absolute atomic E-state index is 15.2. The average Bonchev–Trinajstić information content (AvgIpc) is 3.87. The minimum atomic E-state index is -0.536. The number of hydrogen-bond acceptors (Lipinski definition) is 10. The predicted octanol–water partition coefficient (Wildman–Crippen LogP) is 3.87. The number of aliphatic hydroxyl groups is 1. The fourth-order valence-corrected chi connectivity index (χ4v) is 5.70. The number of aliphatic hydroxyl groups excluding tert-OH is 1. The fourth-order valence-electron chi connectivity index (χ4n) is 5.70. The molecule has 1 aromatic heterocycles. The van der Waals surface area contributed by atoms with Crippen LogP contribution in [0.1, 0.15) is 45.8 Å². The number of benzene rings is 3. The molecule has 1 saturated carbocycles. The number of aromatic nitrogens is 3. The monoisotopic (exact) mass is 582 g/mol. The number of anilines is 5. The van der Waals surface area contributed by atoms with Gasteiger partial charge in [-0.1, -0.05) is 18.2 Å². The largest absolute Gasteiger partial charge is 0.392 e. The summed E-state index contributed by atoms with van der Waals surface area (Å²) in [5, 5.41) is 14.9. The summed E-state index contributed by atoms with van der Waals surface area (Å²) in [7, 11) is 0. The third-order valence-electron chi connectivity index (χ3n) is 8.03. The standard InChI is InChI=1S/C31H31FN8O3/c32-25-15-19(18-4-5-18)14-20-16-34-40(29(42)27(20)25)26-3-1-2-23(24(26)17-41)28-36-30(33)38-31(37-28)35-21-6-8-22(9-7-21)39-10-12-43-13-11-39/h1-3,6-9,14-15,18,34,41H,4-5,10-13,16-17H2,(H3,33,35,36,37,38). The second kappa shape index (κ2) is 11.2. The number of rotatable bonds is 7. The summed E-state index contributed by atoms with van der Waals surface area (Å²) in [6, 6.07) is 16.4. The van der Waals surface area contributed by atoms with Crippen LogP contribution in [0.25, 0.3) is 11.4 Å². The third-order valence-corrected chi connectivity index (χ3v) is 8.03. The van der Waals surface area contributed by atoms with Crippen LogP contribution in [0.3, 0.4) is 0 Å². The molecule has 7 rings (SSSR count). The predicted molar refractivity (Wildman–Crippen MR) is 160 cm³/mol. The Morgan fingerprint density at radius 3 is 2.60 bits per heavy atom. The van der Waals surface area contributed by atoms with Gasteiger partial charge < -0.3 is 25.8 Å². The molecule has 43 heavy (non-hydrogen) atoms. The van der Waals surface area contributed by atoms with Gasteiger partial charge in [-0.3, -0.25) is 4.79 Å². The molecule has 4 aromatic rings. The van der Waals surface area contributed by atoms with E-state index < -0.39 is 18.3 Å². The van der Waals surface area contributed by atoms with E-state index in [-0.39, 0.29) is 29.8 Å². The van der Waals surface area contributed by atoms with Crippen molar-refractivity contribution in [2.75, 3.05) is 47.3 Å². The number of halogens is 1. The lowest BCUT2D eigenvalue weighted by atomic mass is 9.97. The topological polar surface area (TPSA) is 142 Å². The highest BCUT2D eigenvalue weighted by Crippen LogP contribution is 2.42. The first-order valence-corrected chi connectivity index (χ1v) is 14.3. The smallest absolute Gasteiger partial charge is 0.275 e. The molecule has 2 aliphatic heterocycles. The van der Waals surface area contributed by atoms with Gasteiger partial charge in [0.2, 0.25) is 11.9 Å². The van der Waals surface area contributed by atoms with E-state index in [2.05, 4.69) is 30.6 Å². The van der Waals surface area contributed by atoms with Gasteiger partial charge in [0.05, 0.1) is 31.1 Å². The molecule has 0 atom stereocenters. The van der Waals surface area contributed by atoms with E-state index in [1.807, 2.05) is 30.3 Å². The molecule has 0 bridgehead atoms. The molecule has 0 spiro atoms. The van der Waals surface area contributed by atoms with Crippen LogP contribution in [-0.2, 0) is 17.9 Å². The molecule has 11 nitrogen and oxygen atoms in total. The third kappa shape index (κ3) is 5.36. The Balaban J connectivity index is 1.17. The number of hydrogen-bond donors (Lipinski definition) is 4. The lowest BCUT2D eigenvalue weighted by Gasteiger charge is -2.31. The zero-order chi connectivity index (χ0) is 29.5. The van der Waals surface area contributed by atoms with Gasteiger partial charge in [0, 0.05) is 42.1 Å². The van der Waals surface area contributed by atoms with Crippen LogP contribution in [0.5, 0.6) is 0 Å². The van der Waals surface area contributed by atoms with Gasteiger partial charge in [0.25, 0.3) is 5.91 Å². The fraction of sp³-hybridized carbons (Fsp3) is 0.290. The number of ether oxygens (including phenoxy) is 1. The van der Waals surface area contributed by atoms with Gasteiger partial charge in [-0.25, -0.2) is 14.8 Å². The van der Waals surface area contributed by atoms with E-state index in [4.69, 9.17) is 10.5 Å². The van der Waals surface area contributed by atoms with Crippen LogP contribution < -0.4 is 26.4 Å². The molecular formula is C31H31FN8O3. The summed E-state index contributed by atoms with van der Waals surface area (Å²) in [6.45, 7) is 2.94. The van der Waals surface area contributed by atoms with E-state index >= 15 is 4.39 Å². The molecule has 1 saturated heterocycles. The number of fused-ring (bicyclic) bond motifs is 1. The second-order valence-electron chi connectivity index (χ2n) is 10.9. The van der Waals surface area contributed by atoms with Gasteiger partial charge in [0.15, 0.2) is 5.82 Å².